The molecule has 0 aromatic heterocycles. The standard InChI is InChI=1S/C16H25NO4S/c1-20-14-10-11-15(21-2)16(12-14)22(18,19)17-13-8-6-4-3-5-7-9-13/h10-13,17H,3-9H2,1-2H3. The Morgan fingerprint density at radius 3 is 2.23 bits per heavy atom. The maximum Gasteiger partial charge on any atom is 0.244 e. The van der Waals surface area contributed by atoms with E-state index in [1.54, 1.807) is 12.1 Å². The molecular formula is C16H25NO4S. The Kier molecular flexibility index (Phi) is 6.08. The summed E-state index contributed by atoms with van der Waals surface area (Å²) in [4.78, 5) is 0.136. The van der Waals surface area contributed by atoms with Crippen LogP contribution in [0, 0.1) is 0 Å². The molecule has 0 radical (unpaired) electrons. The normalized spacial score (nSPS) is 17.5. The van der Waals surface area contributed by atoms with Crippen LogP contribution in [0.1, 0.15) is 44.9 Å². The number of methoxy groups -OCH3 is 2. The minimum Gasteiger partial charge on any atom is -0.497 e. The van der Waals surface area contributed by atoms with Crippen LogP contribution in [-0.4, -0.2) is 28.7 Å². The lowest BCUT2D eigenvalue weighted by Gasteiger charge is -2.21. The van der Waals surface area contributed by atoms with Crippen LogP contribution in [0.2, 0.25) is 0 Å². The van der Waals surface area contributed by atoms with E-state index >= 15 is 0 Å². The van der Waals surface area contributed by atoms with Crippen molar-refractivity contribution >= 4 is 10.0 Å². The van der Waals surface area contributed by atoms with Crippen molar-refractivity contribution in [2.24, 2.45) is 0 Å². The molecule has 0 unspecified atom stereocenters. The van der Waals surface area contributed by atoms with Crippen molar-refractivity contribution in [2.75, 3.05) is 14.2 Å². The number of nitrogens with one attached hydrogen (secondary N) is 1. The van der Waals surface area contributed by atoms with Gasteiger partial charge in [0.15, 0.2) is 0 Å². The molecule has 1 N–H and O–H groups in total. The maximum absolute atomic E-state index is 12.7. The van der Waals surface area contributed by atoms with Crippen molar-refractivity contribution in [3.05, 3.63) is 18.2 Å². The quantitative estimate of drug-likeness (QED) is 0.902. The summed E-state index contributed by atoms with van der Waals surface area (Å²) in [5.74, 6) is 0.831. The van der Waals surface area contributed by atoms with Crippen molar-refractivity contribution < 1.29 is 17.9 Å². The highest BCUT2D eigenvalue weighted by atomic mass is 32.2. The molecule has 1 aliphatic rings. The summed E-state index contributed by atoms with van der Waals surface area (Å²) < 4.78 is 38.6. The lowest BCUT2D eigenvalue weighted by molar-refractivity contribution is 0.390. The first-order valence-electron chi connectivity index (χ1n) is 7.81. The van der Waals surface area contributed by atoms with Crippen LogP contribution in [0.25, 0.3) is 0 Å². The van der Waals surface area contributed by atoms with E-state index in [-0.39, 0.29) is 10.9 Å². The Morgan fingerprint density at radius 1 is 1.00 bits per heavy atom. The summed E-state index contributed by atoms with van der Waals surface area (Å²) in [6, 6.07) is 4.81. The molecule has 0 aliphatic heterocycles. The maximum atomic E-state index is 12.7. The van der Waals surface area contributed by atoms with Crippen LogP contribution in [0.4, 0.5) is 0 Å². The van der Waals surface area contributed by atoms with Crippen LogP contribution >= 0.6 is 0 Å². The third kappa shape index (κ3) is 4.36. The van der Waals surface area contributed by atoms with Gasteiger partial charge in [0, 0.05) is 12.1 Å². The fourth-order valence-corrected chi connectivity index (χ4v) is 4.34. The average molecular weight is 327 g/mol. The topological polar surface area (TPSA) is 64.6 Å². The molecule has 22 heavy (non-hydrogen) atoms. The van der Waals surface area contributed by atoms with Gasteiger partial charge in [-0.25, -0.2) is 13.1 Å². The highest BCUT2D eigenvalue weighted by Crippen LogP contribution is 2.29. The van der Waals surface area contributed by atoms with Gasteiger partial charge in [0.25, 0.3) is 0 Å². The fourth-order valence-electron chi connectivity index (χ4n) is 2.85. The molecular weight excluding hydrogens is 302 g/mol. The molecule has 1 saturated carbocycles. The highest BCUT2D eigenvalue weighted by molar-refractivity contribution is 7.89. The molecule has 0 amide bonds. The van der Waals surface area contributed by atoms with Gasteiger partial charge >= 0.3 is 0 Å². The average Bonchev–Trinajstić information content (AvgIpc) is 2.49. The van der Waals surface area contributed by atoms with E-state index in [2.05, 4.69) is 4.72 Å². The van der Waals surface area contributed by atoms with Gasteiger partial charge in [0.2, 0.25) is 10.0 Å². The number of hydrogen-bond donors (Lipinski definition) is 1. The fraction of sp³-hybridized carbons (Fsp3) is 0.625. The molecule has 124 valence electrons. The molecule has 1 aliphatic carbocycles. The van der Waals surface area contributed by atoms with Gasteiger partial charge in [-0.15, -0.1) is 0 Å². The first kappa shape index (κ1) is 17.1. The summed E-state index contributed by atoms with van der Waals surface area (Å²) in [7, 11) is -0.635. The summed E-state index contributed by atoms with van der Waals surface area (Å²) in [6.07, 6.45) is 7.55. The predicted octanol–water partition coefficient (Wildman–Crippen LogP) is 3.10. The molecule has 0 atom stereocenters. The summed E-state index contributed by atoms with van der Waals surface area (Å²) in [5.41, 5.74) is 0. The van der Waals surface area contributed by atoms with E-state index in [1.165, 1.54) is 39.5 Å². The summed E-state index contributed by atoms with van der Waals surface area (Å²) in [5, 5.41) is 0. The van der Waals surface area contributed by atoms with Crippen LogP contribution in [0.5, 0.6) is 11.5 Å². The molecule has 6 heteroatoms. The van der Waals surface area contributed by atoms with E-state index in [4.69, 9.17) is 9.47 Å². The van der Waals surface area contributed by atoms with Crippen molar-refractivity contribution in [3.8, 4) is 11.5 Å². The molecule has 0 heterocycles. The van der Waals surface area contributed by atoms with Crippen molar-refractivity contribution in [2.45, 2.75) is 55.9 Å². The van der Waals surface area contributed by atoms with Crippen molar-refractivity contribution in [1.82, 2.24) is 4.72 Å². The minimum atomic E-state index is -3.62. The highest BCUT2D eigenvalue weighted by Gasteiger charge is 2.24. The Hall–Kier alpha value is -1.27. The number of ether oxygens (including phenoxy) is 2. The van der Waals surface area contributed by atoms with Gasteiger partial charge in [-0.05, 0) is 25.0 Å². The molecule has 1 fully saturated rings. The first-order chi connectivity index (χ1) is 10.6. The van der Waals surface area contributed by atoms with Crippen LogP contribution in [-0.2, 0) is 10.0 Å². The lowest BCUT2D eigenvalue weighted by Crippen LogP contribution is -2.35. The second-order valence-corrected chi connectivity index (χ2v) is 7.36. The number of hydrogen-bond acceptors (Lipinski definition) is 4. The van der Waals surface area contributed by atoms with E-state index in [1.807, 2.05) is 0 Å². The molecule has 1 aromatic rings. The van der Waals surface area contributed by atoms with Crippen molar-refractivity contribution in [1.29, 1.82) is 0 Å². The number of sulfonamides is 1. The lowest BCUT2D eigenvalue weighted by atomic mass is 9.97. The molecule has 2 rings (SSSR count). The zero-order valence-electron chi connectivity index (χ0n) is 13.3. The van der Waals surface area contributed by atoms with Crippen LogP contribution in [0.3, 0.4) is 0 Å². The Bertz CT molecular complexity index is 578. The summed E-state index contributed by atoms with van der Waals surface area (Å²) >= 11 is 0. The van der Waals surface area contributed by atoms with Gasteiger partial charge in [-0.1, -0.05) is 32.1 Å². The van der Waals surface area contributed by atoms with Crippen LogP contribution < -0.4 is 14.2 Å². The third-order valence-corrected chi connectivity index (χ3v) is 5.63. The largest absolute Gasteiger partial charge is 0.497 e. The van der Waals surface area contributed by atoms with Gasteiger partial charge in [0.05, 0.1) is 14.2 Å². The minimum absolute atomic E-state index is 0.00112. The third-order valence-electron chi connectivity index (χ3n) is 4.09. The Balaban J connectivity index is 2.21. The predicted molar refractivity (Wildman–Crippen MR) is 86.0 cm³/mol. The van der Waals surface area contributed by atoms with Crippen LogP contribution in [0.15, 0.2) is 23.1 Å². The molecule has 0 spiro atoms. The second-order valence-electron chi connectivity index (χ2n) is 5.68. The number of rotatable bonds is 5. The monoisotopic (exact) mass is 327 g/mol. The SMILES string of the molecule is COc1ccc(OC)c(S(=O)(=O)NC2CCCCCCC2)c1. The summed E-state index contributed by atoms with van der Waals surface area (Å²) in [6.45, 7) is 0. The van der Waals surface area contributed by atoms with Gasteiger partial charge in [-0.3, -0.25) is 0 Å². The second kappa shape index (κ2) is 7.83. The molecule has 0 saturated heterocycles. The van der Waals surface area contributed by atoms with E-state index in [0.29, 0.717) is 11.5 Å². The Labute approximate surface area is 133 Å². The molecule has 0 bridgehead atoms. The molecule has 1 aromatic carbocycles. The number of benzene rings is 1. The molecule has 5 nitrogen and oxygen atoms in total. The van der Waals surface area contributed by atoms with E-state index in [9.17, 15) is 8.42 Å². The van der Waals surface area contributed by atoms with Gasteiger partial charge in [0.1, 0.15) is 16.4 Å². The van der Waals surface area contributed by atoms with Gasteiger partial charge < -0.3 is 9.47 Å². The smallest absolute Gasteiger partial charge is 0.244 e. The van der Waals surface area contributed by atoms with E-state index in [0.717, 1.165) is 25.7 Å². The zero-order valence-corrected chi connectivity index (χ0v) is 14.1. The first-order valence-corrected chi connectivity index (χ1v) is 9.29. The Morgan fingerprint density at radius 2 is 1.64 bits per heavy atom. The van der Waals surface area contributed by atoms with Crippen molar-refractivity contribution in [3.63, 3.8) is 0 Å². The van der Waals surface area contributed by atoms with Gasteiger partial charge in [-0.2, -0.15) is 0 Å². The zero-order chi connectivity index (χ0) is 16.0. The van der Waals surface area contributed by atoms with E-state index < -0.39 is 10.0 Å².